The number of likely N-dealkylation sites (N-methyl/N-ethyl adjacent to an activating group) is 1. The van der Waals surface area contributed by atoms with Gasteiger partial charge in [-0.1, -0.05) is 56.5 Å². The molecule has 2 bridgehead atoms. The van der Waals surface area contributed by atoms with Gasteiger partial charge in [0.25, 0.3) is 0 Å². The lowest BCUT2D eigenvalue weighted by molar-refractivity contribution is -0.142. The molecular weight excluding hydrogens is 398 g/mol. The van der Waals surface area contributed by atoms with E-state index in [9.17, 15) is 9.59 Å². The Morgan fingerprint density at radius 1 is 1.03 bits per heavy atom. The molecule has 0 N–H and O–H groups in total. The molecule has 0 spiro atoms. The van der Waals surface area contributed by atoms with Crippen molar-refractivity contribution in [2.45, 2.75) is 95.3 Å². The Morgan fingerprint density at radius 3 is 2.56 bits per heavy atom. The molecule has 1 aromatic carbocycles. The topological polar surface area (TPSA) is 43.9 Å². The number of benzene rings is 1. The zero-order chi connectivity index (χ0) is 22.3. The number of nitrogens with zero attached hydrogens (tertiary/aromatic N) is 3. The van der Waals surface area contributed by atoms with Crippen LogP contribution < -0.4 is 0 Å². The second kappa shape index (κ2) is 8.81. The monoisotopic (exact) mass is 437 g/mol. The number of hydrogen-bond donors (Lipinski definition) is 0. The van der Waals surface area contributed by atoms with Crippen LogP contribution in [0.4, 0.5) is 0 Å². The highest BCUT2D eigenvalue weighted by molar-refractivity contribution is 5.85. The van der Waals surface area contributed by atoms with E-state index in [-0.39, 0.29) is 29.8 Å². The highest BCUT2D eigenvalue weighted by Gasteiger charge is 2.62. The van der Waals surface area contributed by atoms with Crippen molar-refractivity contribution in [3.63, 3.8) is 0 Å². The summed E-state index contributed by atoms with van der Waals surface area (Å²) in [4.78, 5) is 33.3. The molecule has 5 rings (SSSR count). The molecule has 0 unspecified atom stereocenters. The van der Waals surface area contributed by atoms with E-state index < -0.39 is 0 Å². The molecular formula is C27H39N3O2. The molecule has 1 aromatic rings. The summed E-state index contributed by atoms with van der Waals surface area (Å²) >= 11 is 0. The zero-order valence-electron chi connectivity index (χ0n) is 19.8. The third-order valence-electron chi connectivity index (χ3n) is 9.10. The number of fused-ring (bicyclic) bond motifs is 1. The minimum atomic E-state index is 0.154. The number of amides is 2. The van der Waals surface area contributed by atoms with Gasteiger partial charge in [-0.2, -0.15) is 0 Å². The van der Waals surface area contributed by atoms with Gasteiger partial charge in [0.05, 0.1) is 6.54 Å². The largest absolute Gasteiger partial charge is 0.333 e. The minimum Gasteiger partial charge on any atom is -0.333 e. The maximum absolute atomic E-state index is 13.9. The third kappa shape index (κ3) is 3.76. The Balaban J connectivity index is 1.45. The minimum absolute atomic E-state index is 0.154. The van der Waals surface area contributed by atoms with Gasteiger partial charge in [0, 0.05) is 42.5 Å². The van der Waals surface area contributed by atoms with Crippen LogP contribution in [0.5, 0.6) is 0 Å². The van der Waals surface area contributed by atoms with Crippen LogP contribution in [0.3, 0.4) is 0 Å². The number of rotatable bonds is 4. The Labute approximate surface area is 193 Å². The van der Waals surface area contributed by atoms with Gasteiger partial charge in [0.2, 0.25) is 11.8 Å². The van der Waals surface area contributed by atoms with Crippen molar-refractivity contribution < 1.29 is 9.59 Å². The molecule has 3 aliphatic heterocycles. The maximum Gasteiger partial charge on any atom is 0.242 e. The molecule has 3 saturated heterocycles. The van der Waals surface area contributed by atoms with Crippen molar-refractivity contribution in [1.29, 1.82) is 0 Å². The van der Waals surface area contributed by atoms with E-state index in [1.54, 1.807) is 0 Å². The predicted molar refractivity (Wildman–Crippen MR) is 126 cm³/mol. The summed E-state index contributed by atoms with van der Waals surface area (Å²) in [6.45, 7) is 3.45. The van der Waals surface area contributed by atoms with Crippen molar-refractivity contribution in [3.05, 3.63) is 35.9 Å². The second-order valence-electron chi connectivity index (χ2n) is 10.9. The summed E-state index contributed by atoms with van der Waals surface area (Å²) in [7, 11) is 2.30. The van der Waals surface area contributed by atoms with Crippen molar-refractivity contribution in [3.8, 4) is 0 Å². The second-order valence-corrected chi connectivity index (χ2v) is 10.9. The lowest BCUT2D eigenvalue weighted by Gasteiger charge is -2.49. The normalized spacial score (nSPS) is 35.5. The first kappa shape index (κ1) is 21.9. The first-order valence-electron chi connectivity index (χ1n) is 12.8. The summed E-state index contributed by atoms with van der Waals surface area (Å²) in [5.41, 5.74) is 1.50. The van der Waals surface area contributed by atoms with Gasteiger partial charge in [-0.15, -0.1) is 0 Å². The van der Waals surface area contributed by atoms with Gasteiger partial charge >= 0.3 is 0 Å². The molecule has 5 atom stereocenters. The molecule has 5 heteroatoms. The van der Waals surface area contributed by atoms with Gasteiger partial charge in [0.15, 0.2) is 0 Å². The van der Waals surface area contributed by atoms with Crippen molar-refractivity contribution in [2.75, 3.05) is 20.1 Å². The van der Waals surface area contributed by atoms with Crippen molar-refractivity contribution in [2.24, 2.45) is 5.41 Å². The van der Waals surface area contributed by atoms with Crippen LogP contribution in [0.2, 0.25) is 0 Å². The van der Waals surface area contributed by atoms with E-state index in [4.69, 9.17) is 0 Å². The van der Waals surface area contributed by atoms with Gasteiger partial charge < -0.3 is 9.80 Å². The highest BCUT2D eigenvalue weighted by atomic mass is 16.2. The lowest BCUT2D eigenvalue weighted by atomic mass is 9.69. The van der Waals surface area contributed by atoms with E-state index in [0.29, 0.717) is 24.5 Å². The number of carbonyl (C=O) groups is 2. The van der Waals surface area contributed by atoms with Crippen LogP contribution in [0.15, 0.2) is 30.3 Å². The van der Waals surface area contributed by atoms with Crippen LogP contribution in [-0.4, -0.2) is 70.8 Å². The van der Waals surface area contributed by atoms with Crippen molar-refractivity contribution in [1.82, 2.24) is 14.7 Å². The first-order valence-corrected chi connectivity index (χ1v) is 12.8. The molecule has 1 saturated carbocycles. The smallest absolute Gasteiger partial charge is 0.242 e. The summed E-state index contributed by atoms with van der Waals surface area (Å²) in [6.07, 6.45) is 10.5. The van der Waals surface area contributed by atoms with Crippen LogP contribution in [-0.2, 0) is 16.0 Å². The lowest BCUT2D eigenvalue weighted by Crippen LogP contribution is -2.58. The molecule has 1 aliphatic carbocycles. The quantitative estimate of drug-likeness (QED) is 0.718. The molecule has 4 fully saturated rings. The summed E-state index contributed by atoms with van der Waals surface area (Å²) in [5, 5.41) is 0. The fourth-order valence-corrected chi connectivity index (χ4v) is 7.50. The van der Waals surface area contributed by atoms with Gasteiger partial charge in [-0.25, -0.2) is 0 Å². The van der Waals surface area contributed by atoms with E-state index in [1.165, 1.54) is 24.8 Å². The Hall–Kier alpha value is -1.88. The predicted octanol–water partition coefficient (Wildman–Crippen LogP) is 3.86. The van der Waals surface area contributed by atoms with Gasteiger partial charge in [-0.3, -0.25) is 14.5 Å². The summed E-state index contributed by atoms with van der Waals surface area (Å²) < 4.78 is 0. The number of piperidine rings is 1. The van der Waals surface area contributed by atoms with E-state index in [0.717, 1.165) is 45.1 Å². The molecule has 2 amide bonds. The molecule has 0 radical (unpaired) electrons. The third-order valence-corrected chi connectivity index (χ3v) is 9.10. The number of likely N-dealkylation sites (tertiary alicyclic amines) is 3. The fourth-order valence-electron chi connectivity index (χ4n) is 7.50. The van der Waals surface area contributed by atoms with Gasteiger partial charge in [-0.05, 0) is 51.1 Å². The molecule has 3 heterocycles. The molecule has 4 aliphatic rings. The molecule has 174 valence electrons. The van der Waals surface area contributed by atoms with Gasteiger partial charge in [0.1, 0.15) is 0 Å². The van der Waals surface area contributed by atoms with E-state index in [2.05, 4.69) is 54.1 Å². The van der Waals surface area contributed by atoms with Crippen LogP contribution >= 0.6 is 0 Å². The standard InChI is InChI=1S/C27H39N3O2/c1-27-18-22-21(17-20-11-5-3-6-12-20)28(2)23(27)13-8-9-14-24(27)30(22)26(32)19-29-16-10-4-7-15-25(29)31/h3,5-6,11-12,21-24H,4,7-10,13-19H2,1-2H3/t21-,22+,23-,24+,27-/m1/s1. The average Bonchev–Trinajstić information content (AvgIpc) is 2.90. The fraction of sp³-hybridized carbons (Fsp3) is 0.704. The molecule has 0 aromatic heterocycles. The van der Waals surface area contributed by atoms with Crippen LogP contribution in [0.1, 0.15) is 70.3 Å². The van der Waals surface area contributed by atoms with Crippen LogP contribution in [0.25, 0.3) is 0 Å². The molecule has 5 nitrogen and oxygen atoms in total. The first-order chi connectivity index (χ1) is 15.5. The Bertz CT molecular complexity index is 843. The van der Waals surface area contributed by atoms with E-state index >= 15 is 0 Å². The molecule has 32 heavy (non-hydrogen) atoms. The van der Waals surface area contributed by atoms with Crippen LogP contribution in [0, 0.1) is 5.41 Å². The highest BCUT2D eigenvalue weighted by Crippen LogP contribution is 2.55. The van der Waals surface area contributed by atoms with E-state index in [1.807, 2.05) is 4.90 Å². The zero-order valence-corrected chi connectivity index (χ0v) is 19.8. The maximum atomic E-state index is 13.9. The Kier molecular flexibility index (Phi) is 6.04. The summed E-state index contributed by atoms with van der Waals surface area (Å²) in [5.74, 6) is 0.355. The summed E-state index contributed by atoms with van der Waals surface area (Å²) in [6, 6.07) is 12.2. The van der Waals surface area contributed by atoms with Crippen molar-refractivity contribution >= 4 is 11.8 Å². The average molecular weight is 438 g/mol. The number of carbonyl (C=O) groups excluding carboxylic acids is 2. The number of hydrogen-bond acceptors (Lipinski definition) is 3. The Morgan fingerprint density at radius 2 is 1.78 bits per heavy atom. The SMILES string of the molecule is CN1[C@H](Cc2ccccc2)[C@@H]2C[C@@]3(C)[C@H](CCCC[C@@H]13)N2C(=O)CN1CCCCCC1=O.